The van der Waals surface area contributed by atoms with Gasteiger partial charge in [0.05, 0.1) is 14.1 Å². The molecule has 1 N–H and O–H groups in total. The van der Waals surface area contributed by atoms with E-state index in [0.29, 0.717) is 5.56 Å². The van der Waals surface area contributed by atoms with Crippen LogP contribution >= 0.6 is 33.9 Å². The molecular formula is C11H6F2INOS. The average Bonchev–Trinajstić information content (AvgIpc) is 2.69. The molecule has 1 amide bonds. The molecule has 0 bridgehead atoms. The molecule has 0 unspecified atom stereocenters. The number of benzene rings is 1. The van der Waals surface area contributed by atoms with E-state index in [4.69, 9.17) is 0 Å². The van der Waals surface area contributed by atoms with Gasteiger partial charge >= 0.3 is 0 Å². The first-order chi connectivity index (χ1) is 8.06. The zero-order valence-corrected chi connectivity index (χ0v) is 11.3. The van der Waals surface area contributed by atoms with Crippen LogP contribution < -0.4 is 5.32 Å². The quantitative estimate of drug-likeness (QED) is 0.805. The summed E-state index contributed by atoms with van der Waals surface area (Å²) in [6, 6.07) is 4.71. The van der Waals surface area contributed by atoms with Gasteiger partial charge in [0.1, 0.15) is 11.6 Å². The zero-order chi connectivity index (χ0) is 12.4. The van der Waals surface area contributed by atoms with Gasteiger partial charge in [0.25, 0.3) is 5.91 Å². The first-order valence-electron chi connectivity index (χ1n) is 4.56. The molecule has 0 saturated carbocycles. The highest BCUT2D eigenvalue weighted by molar-refractivity contribution is 14.1. The number of thiophene rings is 1. The number of amides is 1. The molecule has 0 fully saturated rings. The van der Waals surface area contributed by atoms with Gasteiger partial charge in [-0.05, 0) is 40.8 Å². The molecule has 0 atom stereocenters. The number of hydrogen-bond acceptors (Lipinski definition) is 2. The molecule has 17 heavy (non-hydrogen) atoms. The topological polar surface area (TPSA) is 29.1 Å². The lowest BCUT2D eigenvalue weighted by Crippen LogP contribution is -2.12. The van der Waals surface area contributed by atoms with Crippen LogP contribution in [0.5, 0.6) is 0 Å². The second-order valence-corrected chi connectivity index (χ2v) is 6.02. The van der Waals surface area contributed by atoms with Gasteiger partial charge in [0, 0.05) is 11.4 Å². The second-order valence-electron chi connectivity index (χ2n) is 3.22. The molecule has 0 saturated heterocycles. The minimum atomic E-state index is -0.789. The number of halogens is 3. The Balaban J connectivity index is 2.18. The number of anilines is 1. The molecule has 0 aliphatic carbocycles. The van der Waals surface area contributed by atoms with Crippen molar-refractivity contribution >= 4 is 45.5 Å². The van der Waals surface area contributed by atoms with E-state index in [1.54, 1.807) is 11.4 Å². The number of hydrogen-bond donors (Lipinski definition) is 1. The van der Waals surface area contributed by atoms with Gasteiger partial charge in [-0.15, -0.1) is 11.3 Å². The Bertz CT molecular complexity index is 570. The van der Waals surface area contributed by atoms with Gasteiger partial charge in [-0.3, -0.25) is 4.79 Å². The van der Waals surface area contributed by atoms with Crippen molar-refractivity contribution in [3.63, 3.8) is 0 Å². The van der Waals surface area contributed by atoms with Gasteiger partial charge in [-0.1, -0.05) is 0 Å². The summed E-state index contributed by atoms with van der Waals surface area (Å²) in [5.74, 6) is -1.87. The minimum Gasteiger partial charge on any atom is -0.319 e. The maximum Gasteiger partial charge on any atom is 0.256 e. The molecule has 1 aromatic heterocycles. The molecule has 1 heterocycles. The van der Waals surface area contributed by atoms with Gasteiger partial charge in [-0.25, -0.2) is 8.78 Å². The van der Waals surface area contributed by atoms with Crippen LogP contribution in [0.1, 0.15) is 10.4 Å². The van der Waals surface area contributed by atoms with E-state index in [2.05, 4.69) is 27.9 Å². The van der Waals surface area contributed by atoms with Crippen LogP contribution in [-0.2, 0) is 0 Å². The highest BCUT2D eigenvalue weighted by atomic mass is 127. The average molecular weight is 365 g/mol. The molecule has 2 aromatic rings. The van der Waals surface area contributed by atoms with Gasteiger partial charge < -0.3 is 5.32 Å². The predicted molar refractivity (Wildman–Crippen MR) is 71.3 cm³/mol. The smallest absolute Gasteiger partial charge is 0.256 e. The molecule has 1 aromatic carbocycles. The summed E-state index contributed by atoms with van der Waals surface area (Å²) in [5, 5.41) is 4.07. The summed E-state index contributed by atoms with van der Waals surface area (Å²) < 4.78 is 26.9. The van der Waals surface area contributed by atoms with E-state index in [-0.39, 0.29) is 5.69 Å². The van der Waals surface area contributed by atoms with Crippen LogP contribution in [0, 0.1) is 14.5 Å². The highest BCUT2D eigenvalue weighted by Gasteiger charge is 2.11. The molecular weight excluding hydrogens is 359 g/mol. The maximum atomic E-state index is 13.3. The Kier molecular flexibility index (Phi) is 3.72. The van der Waals surface area contributed by atoms with Crippen LogP contribution in [-0.4, -0.2) is 5.91 Å². The molecule has 0 aliphatic heterocycles. The lowest BCUT2D eigenvalue weighted by atomic mass is 10.2. The highest BCUT2D eigenvalue weighted by Crippen LogP contribution is 2.19. The van der Waals surface area contributed by atoms with Crippen molar-refractivity contribution in [2.24, 2.45) is 0 Å². The van der Waals surface area contributed by atoms with Crippen molar-refractivity contribution in [2.45, 2.75) is 0 Å². The van der Waals surface area contributed by atoms with Gasteiger partial charge in [0.2, 0.25) is 0 Å². The summed E-state index contributed by atoms with van der Waals surface area (Å²) in [6.45, 7) is 0. The Morgan fingerprint density at radius 2 is 2.06 bits per heavy atom. The van der Waals surface area contributed by atoms with E-state index in [1.165, 1.54) is 17.4 Å². The van der Waals surface area contributed by atoms with E-state index >= 15 is 0 Å². The largest absolute Gasteiger partial charge is 0.319 e. The molecule has 0 aliphatic rings. The van der Waals surface area contributed by atoms with Crippen molar-refractivity contribution in [1.82, 2.24) is 0 Å². The first-order valence-corrected chi connectivity index (χ1v) is 6.52. The van der Waals surface area contributed by atoms with Gasteiger partial charge in [-0.2, -0.15) is 0 Å². The van der Waals surface area contributed by atoms with Crippen LogP contribution in [0.25, 0.3) is 0 Å². The van der Waals surface area contributed by atoms with E-state index in [9.17, 15) is 13.6 Å². The minimum absolute atomic E-state index is 0.0300. The molecule has 2 nitrogen and oxygen atoms in total. The van der Waals surface area contributed by atoms with Crippen molar-refractivity contribution in [1.29, 1.82) is 0 Å². The second kappa shape index (κ2) is 5.09. The number of rotatable bonds is 2. The van der Waals surface area contributed by atoms with E-state index < -0.39 is 17.5 Å². The van der Waals surface area contributed by atoms with Crippen LogP contribution in [0.4, 0.5) is 14.5 Å². The monoisotopic (exact) mass is 365 g/mol. The lowest BCUT2D eigenvalue weighted by Gasteiger charge is -2.04. The summed E-state index contributed by atoms with van der Waals surface area (Å²) in [5.41, 5.74) is 0.431. The number of nitrogens with one attached hydrogen (secondary N) is 1. The maximum absolute atomic E-state index is 13.3. The summed E-state index contributed by atoms with van der Waals surface area (Å²) in [4.78, 5) is 11.7. The molecule has 0 spiro atoms. The summed E-state index contributed by atoms with van der Waals surface area (Å²) in [7, 11) is 0. The van der Waals surface area contributed by atoms with Crippen molar-refractivity contribution in [2.75, 3.05) is 5.32 Å². The zero-order valence-electron chi connectivity index (χ0n) is 8.34. The third-order valence-corrected chi connectivity index (χ3v) is 3.80. The number of carbonyl (C=O) groups excluding carboxylic acids is 1. The Morgan fingerprint density at radius 1 is 1.29 bits per heavy atom. The fourth-order valence-corrected chi connectivity index (χ4v) is 2.54. The van der Waals surface area contributed by atoms with Crippen LogP contribution in [0.3, 0.4) is 0 Å². The standard InChI is InChI=1S/C11H6F2INOS/c12-7-1-2-9(8(13)4-7)15-11(16)6-3-10(14)17-5-6/h1-5H,(H,15,16). The molecule has 0 radical (unpaired) electrons. The Morgan fingerprint density at radius 3 is 2.65 bits per heavy atom. The lowest BCUT2D eigenvalue weighted by molar-refractivity contribution is 0.102. The third-order valence-electron chi connectivity index (χ3n) is 2.01. The third kappa shape index (κ3) is 3.01. The Labute approximate surface area is 114 Å². The SMILES string of the molecule is O=C(Nc1ccc(F)cc1F)c1csc(I)c1. The normalized spacial score (nSPS) is 10.3. The Hall–Kier alpha value is -1.02. The van der Waals surface area contributed by atoms with Gasteiger partial charge in [0.15, 0.2) is 0 Å². The summed E-state index contributed by atoms with van der Waals surface area (Å²) in [6.07, 6.45) is 0. The molecule has 2 rings (SSSR count). The fourth-order valence-electron chi connectivity index (χ4n) is 1.21. The van der Waals surface area contributed by atoms with Crippen molar-refractivity contribution < 1.29 is 13.6 Å². The first kappa shape index (κ1) is 12.4. The van der Waals surface area contributed by atoms with E-state index in [0.717, 1.165) is 15.0 Å². The van der Waals surface area contributed by atoms with Crippen molar-refractivity contribution in [3.8, 4) is 0 Å². The summed E-state index contributed by atoms with van der Waals surface area (Å²) >= 11 is 3.51. The molecule has 88 valence electrons. The number of carbonyl (C=O) groups is 1. The van der Waals surface area contributed by atoms with Crippen LogP contribution in [0.15, 0.2) is 29.6 Å². The van der Waals surface area contributed by atoms with E-state index in [1.807, 2.05) is 0 Å². The molecule has 6 heteroatoms. The van der Waals surface area contributed by atoms with Crippen LogP contribution in [0.2, 0.25) is 0 Å². The predicted octanol–water partition coefficient (Wildman–Crippen LogP) is 3.88. The van der Waals surface area contributed by atoms with Crippen molar-refractivity contribution in [3.05, 3.63) is 49.7 Å². The fraction of sp³-hybridized carbons (Fsp3) is 0.